The molecule has 1 atom stereocenters. The summed E-state index contributed by atoms with van der Waals surface area (Å²) < 4.78 is 45.7. The summed E-state index contributed by atoms with van der Waals surface area (Å²) in [5.74, 6) is 0. The van der Waals surface area contributed by atoms with Crippen molar-refractivity contribution >= 4 is 0 Å². The Hall–Kier alpha value is -1.79. The molecule has 3 nitrogen and oxygen atoms in total. The van der Waals surface area contributed by atoms with E-state index in [0.29, 0.717) is 11.3 Å². The van der Waals surface area contributed by atoms with Gasteiger partial charge in [0, 0.05) is 18.9 Å². The van der Waals surface area contributed by atoms with Crippen molar-refractivity contribution in [3.63, 3.8) is 0 Å². The van der Waals surface area contributed by atoms with Gasteiger partial charge in [-0.2, -0.15) is 13.2 Å². The number of methoxy groups -OCH3 is 1. The molecule has 0 fully saturated rings. The first-order valence-corrected chi connectivity index (χ1v) is 6.37. The third-order valence-electron chi connectivity index (χ3n) is 3.24. The fourth-order valence-electron chi connectivity index (χ4n) is 2.32. The molecule has 0 radical (unpaired) electrons. The van der Waals surface area contributed by atoms with E-state index in [9.17, 15) is 18.3 Å². The van der Waals surface area contributed by atoms with Gasteiger partial charge < -0.3 is 14.4 Å². The lowest BCUT2D eigenvalue weighted by molar-refractivity contribution is -0.137. The number of aryl methyl sites for hydroxylation is 1. The van der Waals surface area contributed by atoms with E-state index < -0.39 is 18.0 Å². The molecule has 21 heavy (non-hydrogen) atoms. The van der Waals surface area contributed by atoms with Crippen LogP contribution in [0.5, 0.6) is 0 Å². The molecule has 0 aliphatic heterocycles. The Kier molecular flexibility index (Phi) is 4.39. The fraction of sp³-hybridized carbons (Fsp3) is 0.333. The van der Waals surface area contributed by atoms with Gasteiger partial charge in [0.1, 0.15) is 0 Å². The minimum Gasteiger partial charge on any atom is -0.380 e. The molecule has 2 rings (SSSR count). The van der Waals surface area contributed by atoms with Crippen molar-refractivity contribution in [2.75, 3.05) is 13.7 Å². The highest BCUT2D eigenvalue weighted by atomic mass is 19.4. The van der Waals surface area contributed by atoms with E-state index in [-0.39, 0.29) is 12.2 Å². The van der Waals surface area contributed by atoms with Crippen LogP contribution in [0, 0.1) is 6.92 Å². The second-order valence-corrected chi connectivity index (χ2v) is 4.73. The highest BCUT2D eigenvalue weighted by molar-refractivity contribution is 5.68. The van der Waals surface area contributed by atoms with Gasteiger partial charge in [-0.05, 0) is 24.6 Å². The molecule has 1 unspecified atom stereocenters. The molecule has 0 saturated heterocycles. The molecule has 1 aromatic carbocycles. The molecule has 0 spiro atoms. The van der Waals surface area contributed by atoms with Gasteiger partial charge >= 0.3 is 6.18 Å². The summed E-state index contributed by atoms with van der Waals surface area (Å²) in [6, 6.07) is 7.00. The number of aliphatic hydroxyl groups excluding tert-OH is 1. The number of ether oxygens (including phenoxy) is 1. The van der Waals surface area contributed by atoms with Crippen LogP contribution >= 0.6 is 0 Å². The highest BCUT2D eigenvalue weighted by Crippen LogP contribution is 2.38. The maximum atomic E-state index is 13.2. The molecule has 6 heteroatoms. The number of hydrogen-bond acceptors (Lipinski definition) is 2. The van der Waals surface area contributed by atoms with Crippen molar-refractivity contribution < 1.29 is 23.0 Å². The van der Waals surface area contributed by atoms with Crippen LogP contribution in [-0.2, 0) is 10.9 Å². The highest BCUT2D eigenvalue weighted by Gasteiger charge is 2.34. The van der Waals surface area contributed by atoms with Crippen LogP contribution in [0.25, 0.3) is 11.3 Å². The van der Waals surface area contributed by atoms with Gasteiger partial charge in [0.05, 0.1) is 17.9 Å². The van der Waals surface area contributed by atoms with Crippen LogP contribution in [0.3, 0.4) is 0 Å². The van der Waals surface area contributed by atoms with E-state index in [2.05, 4.69) is 0 Å². The van der Waals surface area contributed by atoms with Crippen molar-refractivity contribution in [3.05, 3.63) is 47.7 Å². The lowest BCUT2D eigenvalue weighted by Gasteiger charge is -2.19. The normalized spacial score (nSPS) is 13.4. The quantitative estimate of drug-likeness (QED) is 0.935. The summed E-state index contributed by atoms with van der Waals surface area (Å²) in [5.41, 5.74) is 0.314. The van der Waals surface area contributed by atoms with Crippen molar-refractivity contribution in [2.45, 2.75) is 19.3 Å². The molecule has 2 aromatic rings. The third-order valence-corrected chi connectivity index (χ3v) is 3.24. The number of alkyl halides is 3. The molecule has 114 valence electrons. The second-order valence-electron chi connectivity index (χ2n) is 4.73. The monoisotopic (exact) mass is 299 g/mol. The summed E-state index contributed by atoms with van der Waals surface area (Å²) in [7, 11) is 1.42. The molecule has 0 aliphatic carbocycles. The van der Waals surface area contributed by atoms with Crippen molar-refractivity contribution in [3.8, 4) is 11.3 Å². The first-order valence-electron chi connectivity index (χ1n) is 6.37. The van der Waals surface area contributed by atoms with Gasteiger partial charge in [0.25, 0.3) is 0 Å². The largest absolute Gasteiger partial charge is 0.417 e. The molecule has 1 N–H and O–H groups in total. The minimum absolute atomic E-state index is 0.00466. The number of benzene rings is 1. The maximum absolute atomic E-state index is 13.2. The van der Waals surface area contributed by atoms with Gasteiger partial charge in [-0.1, -0.05) is 18.2 Å². The Morgan fingerprint density at radius 2 is 1.90 bits per heavy atom. The van der Waals surface area contributed by atoms with Crippen molar-refractivity contribution in [2.24, 2.45) is 0 Å². The molecule has 1 heterocycles. The topological polar surface area (TPSA) is 34.4 Å². The van der Waals surface area contributed by atoms with Crippen molar-refractivity contribution in [1.29, 1.82) is 0 Å². The first kappa shape index (κ1) is 15.6. The number of aliphatic hydroxyl groups is 1. The zero-order valence-electron chi connectivity index (χ0n) is 11.7. The fourth-order valence-corrected chi connectivity index (χ4v) is 2.32. The summed E-state index contributed by atoms with van der Waals surface area (Å²) >= 11 is 0. The standard InChI is InChI=1S/C15H16F3NO2/c1-10-7-8-19(13(20)9-21-2)14(10)11-5-3-4-6-12(11)15(16,17)18/h3-8,13,20H,9H2,1-2H3. The number of aromatic nitrogens is 1. The van der Waals surface area contributed by atoms with E-state index in [1.54, 1.807) is 25.3 Å². The Morgan fingerprint density at radius 1 is 1.24 bits per heavy atom. The predicted molar refractivity (Wildman–Crippen MR) is 72.7 cm³/mol. The van der Waals surface area contributed by atoms with E-state index >= 15 is 0 Å². The third kappa shape index (κ3) is 3.11. The smallest absolute Gasteiger partial charge is 0.380 e. The van der Waals surface area contributed by atoms with Crippen LogP contribution in [0.1, 0.15) is 17.4 Å². The summed E-state index contributed by atoms with van der Waals surface area (Å²) in [6.07, 6.45) is -3.94. The molecule has 0 amide bonds. The molecule has 0 bridgehead atoms. The summed E-state index contributed by atoms with van der Waals surface area (Å²) in [6.45, 7) is 1.70. The van der Waals surface area contributed by atoms with Crippen LogP contribution in [0.2, 0.25) is 0 Å². The number of halogens is 3. The Balaban J connectivity index is 2.60. The summed E-state index contributed by atoms with van der Waals surface area (Å²) in [5, 5.41) is 10.0. The molecule has 0 aliphatic rings. The molecule has 1 aromatic heterocycles. The number of nitrogens with zero attached hydrogens (tertiary/aromatic N) is 1. The van der Waals surface area contributed by atoms with Gasteiger partial charge in [0.2, 0.25) is 0 Å². The number of rotatable bonds is 4. The van der Waals surface area contributed by atoms with E-state index in [1.165, 1.54) is 23.8 Å². The van der Waals surface area contributed by atoms with Crippen LogP contribution in [0.4, 0.5) is 13.2 Å². The van der Waals surface area contributed by atoms with Gasteiger partial charge in [-0.15, -0.1) is 0 Å². The minimum atomic E-state index is -4.45. The average Bonchev–Trinajstić information content (AvgIpc) is 2.80. The molecular weight excluding hydrogens is 283 g/mol. The molecular formula is C15H16F3NO2. The second kappa shape index (κ2) is 5.91. The van der Waals surface area contributed by atoms with E-state index in [1.807, 2.05) is 0 Å². The lowest BCUT2D eigenvalue weighted by Crippen LogP contribution is -2.16. The van der Waals surface area contributed by atoms with Gasteiger partial charge in [-0.3, -0.25) is 0 Å². The SMILES string of the molecule is COCC(O)n1ccc(C)c1-c1ccccc1C(F)(F)F. The van der Waals surface area contributed by atoms with Crippen LogP contribution < -0.4 is 0 Å². The Morgan fingerprint density at radius 3 is 2.52 bits per heavy atom. The van der Waals surface area contributed by atoms with Gasteiger partial charge in [0.15, 0.2) is 6.23 Å². The predicted octanol–water partition coefficient (Wildman–Crippen LogP) is 3.62. The lowest BCUT2D eigenvalue weighted by atomic mass is 10.0. The number of hydrogen-bond donors (Lipinski definition) is 1. The zero-order chi connectivity index (χ0) is 15.6. The van der Waals surface area contributed by atoms with E-state index in [0.717, 1.165) is 6.07 Å². The molecule has 0 saturated carbocycles. The van der Waals surface area contributed by atoms with Crippen LogP contribution in [0.15, 0.2) is 36.5 Å². The van der Waals surface area contributed by atoms with Crippen molar-refractivity contribution in [1.82, 2.24) is 4.57 Å². The van der Waals surface area contributed by atoms with Gasteiger partial charge in [-0.25, -0.2) is 0 Å². The van der Waals surface area contributed by atoms with E-state index in [4.69, 9.17) is 4.74 Å². The Labute approximate surface area is 120 Å². The average molecular weight is 299 g/mol. The van der Waals surface area contributed by atoms with Crippen LogP contribution in [-0.4, -0.2) is 23.4 Å². The summed E-state index contributed by atoms with van der Waals surface area (Å²) in [4.78, 5) is 0. The maximum Gasteiger partial charge on any atom is 0.417 e. The zero-order valence-corrected chi connectivity index (χ0v) is 11.7. The first-order chi connectivity index (χ1) is 9.86. The Bertz CT molecular complexity index is 620.